The SMILES string of the molecule is CNCCCC(=O)Nc1cc(F)c(OC)cc1F.Cl. The van der Waals surface area contributed by atoms with Crippen LogP contribution in [0.15, 0.2) is 12.1 Å². The Hall–Kier alpha value is -1.40. The lowest BCUT2D eigenvalue weighted by atomic mass is 10.2. The van der Waals surface area contributed by atoms with Gasteiger partial charge in [0.05, 0.1) is 12.8 Å². The van der Waals surface area contributed by atoms with Crippen LogP contribution in [0, 0.1) is 11.6 Å². The van der Waals surface area contributed by atoms with Crippen molar-refractivity contribution in [1.82, 2.24) is 5.32 Å². The van der Waals surface area contributed by atoms with Gasteiger partial charge in [0.15, 0.2) is 17.4 Å². The van der Waals surface area contributed by atoms with Gasteiger partial charge in [-0.05, 0) is 20.0 Å². The van der Waals surface area contributed by atoms with Crippen molar-refractivity contribution in [3.63, 3.8) is 0 Å². The van der Waals surface area contributed by atoms with E-state index >= 15 is 0 Å². The zero-order chi connectivity index (χ0) is 13.5. The van der Waals surface area contributed by atoms with Gasteiger partial charge in [-0.3, -0.25) is 4.79 Å². The molecule has 0 spiro atoms. The van der Waals surface area contributed by atoms with Crippen LogP contribution < -0.4 is 15.4 Å². The Kier molecular flexibility index (Phi) is 8.02. The summed E-state index contributed by atoms with van der Waals surface area (Å²) in [7, 11) is 3.02. The summed E-state index contributed by atoms with van der Waals surface area (Å²) >= 11 is 0. The molecule has 19 heavy (non-hydrogen) atoms. The first kappa shape index (κ1) is 17.6. The maximum atomic E-state index is 13.5. The van der Waals surface area contributed by atoms with E-state index in [1.54, 1.807) is 7.05 Å². The molecule has 1 aromatic rings. The molecule has 0 saturated carbocycles. The molecule has 4 nitrogen and oxygen atoms in total. The maximum Gasteiger partial charge on any atom is 0.224 e. The molecule has 0 saturated heterocycles. The number of hydrogen-bond donors (Lipinski definition) is 2. The van der Waals surface area contributed by atoms with Gasteiger partial charge in [-0.2, -0.15) is 0 Å². The molecule has 0 aliphatic rings. The summed E-state index contributed by atoms with van der Waals surface area (Å²) in [5, 5.41) is 5.22. The number of nitrogens with one attached hydrogen (secondary N) is 2. The third kappa shape index (κ3) is 5.40. The lowest BCUT2D eigenvalue weighted by molar-refractivity contribution is -0.116. The van der Waals surface area contributed by atoms with E-state index in [4.69, 9.17) is 0 Å². The highest BCUT2D eigenvalue weighted by molar-refractivity contribution is 5.90. The fourth-order valence-electron chi connectivity index (χ4n) is 1.42. The van der Waals surface area contributed by atoms with Crippen molar-refractivity contribution in [2.45, 2.75) is 12.8 Å². The van der Waals surface area contributed by atoms with Crippen LogP contribution in [0.25, 0.3) is 0 Å². The lowest BCUT2D eigenvalue weighted by Crippen LogP contribution is -2.16. The predicted octanol–water partition coefficient (Wildman–Crippen LogP) is 2.33. The molecule has 0 aromatic heterocycles. The number of hydrogen-bond acceptors (Lipinski definition) is 3. The first-order valence-corrected chi connectivity index (χ1v) is 5.56. The van der Waals surface area contributed by atoms with Gasteiger partial charge in [-0.1, -0.05) is 0 Å². The van der Waals surface area contributed by atoms with Crippen LogP contribution in [0.5, 0.6) is 5.75 Å². The summed E-state index contributed by atoms with van der Waals surface area (Å²) in [5.74, 6) is -1.99. The molecule has 1 amide bonds. The third-order valence-corrected chi connectivity index (χ3v) is 2.35. The van der Waals surface area contributed by atoms with E-state index < -0.39 is 11.6 Å². The van der Waals surface area contributed by atoms with Gasteiger partial charge in [0.1, 0.15) is 0 Å². The molecular formula is C12H17ClF2N2O2. The van der Waals surface area contributed by atoms with Crippen molar-refractivity contribution in [3.05, 3.63) is 23.8 Å². The van der Waals surface area contributed by atoms with Crippen LogP contribution in [0.1, 0.15) is 12.8 Å². The quantitative estimate of drug-likeness (QED) is 0.792. The minimum Gasteiger partial charge on any atom is -0.494 e. The summed E-state index contributed by atoms with van der Waals surface area (Å²) in [6.07, 6.45) is 0.872. The molecule has 0 radical (unpaired) electrons. The number of amides is 1. The minimum atomic E-state index is -0.727. The smallest absolute Gasteiger partial charge is 0.224 e. The van der Waals surface area contributed by atoms with Gasteiger partial charge in [-0.25, -0.2) is 8.78 Å². The van der Waals surface area contributed by atoms with Crippen LogP contribution in [0.3, 0.4) is 0 Å². The molecule has 0 heterocycles. The molecule has 0 aliphatic carbocycles. The Morgan fingerprint density at radius 2 is 2.00 bits per heavy atom. The number of carbonyl (C=O) groups excluding carboxylic acids is 1. The highest BCUT2D eigenvalue weighted by Gasteiger charge is 2.12. The molecule has 108 valence electrons. The van der Waals surface area contributed by atoms with Crippen LogP contribution in [-0.2, 0) is 4.79 Å². The molecule has 0 aliphatic heterocycles. The van der Waals surface area contributed by atoms with Crippen molar-refractivity contribution in [2.24, 2.45) is 0 Å². The van der Waals surface area contributed by atoms with Crippen molar-refractivity contribution >= 4 is 24.0 Å². The third-order valence-electron chi connectivity index (χ3n) is 2.35. The van der Waals surface area contributed by atoms with E-state index in [-0.39, 0.29) is 36.2 Å². The van der Waals surface area contributed by atoms with Crippen molar-refractivity contribution in [1.29, 1.82) is 0 Å². The lowest BCUT2D eigenvalue weighted by Gasteiger charge is -2.08. The summed E-state index contributed by atoms with van der Waals surface area (Å²) in [5.41, 5.74) is -0.178. The molecule has 2 N–H and O–H groups in total. The average molecular weight is 295 g/mol. The monoisotopic (exact) mass is 294 g/mol. The van der Waals surface area contributed by atoms with E-state index in [1.165, 1.54) is 7.11 Å². The van der Waals surface area contributed by atoms with E-state index in [0.29, 0.717) is 13.0 Å². The van der Waals surface area contributed by atoms with Crippen LogP contribution >= 0.6 is 12.4 Å². The highest BCUT2D eigenvalue weighted by Crippen LogP contribution is 2.24. The van der Waals surface area contributed by atoms with E-state index in [0.717, 1.165) is 12.1 Å². The van der Waals surface area contributed by atoms with E-state index in [2.05, 4.69) is 15.4 Å². The Bertz CT molecular complexity index is 430. The molecule has 0 unspecified atom stereocenters. The van der Waals surface area contributed by atoms with Crippen LogP contribution in [-0.4, -0.2) is 26.6 Å². The predicted molar refractivity (Wildman–Crippen MR) is 71.9 cm³/mol. The second-order valence-corrected chi connectivity index (χ2v) is 3.72. The first-order chi connectivity index (χ1) is 8.58. The number of halogens is 3. The number of rotatable bonds is 6. The second-order valence-electron chi connectivity index (χ2n) is 3.72. The van der Waals surface area contributed by atoms with Gasteiger partial charge in [0.2, 0.25) is 5.91 Å². The molecule has 0 atom stereocenters. The van der Waals surface area contributed by atoms with Crippen molar-refractivity contribution in [2.75, 3.05) is 26.0 Å². The van der Waals surface area contributed by atoms with E-state index in [1.807, 2.05) is 0 Å². The van der Waals surface area contributed by atoms with E-state index in [9.17, 15) is 13.6 Å². The molecule has 1 aromatic carbocycles. The van der Waals surface area contributed by atoms with Gasteiger partial charge >= 0.3 is 0 Å². The Morgan fingerprint density at radius 1 is 1.32 bits per heavy atom. The van der Waals surface area contributed by atoms with Crippen LogP contribution in [0.4, 0.5) is 14.5 Å². The normalized spacial score (nSPS) is 9.68. The minimum absolute atomic E-state index is 0. The zero-order valence-corrected chi connectivity index (χ0v) is 11.6. The first-order valence-electron chi connectivity index (χ1n) is 5.56. The largest absolute Gasteiger partial charge is 0.494 e. The number of anilines is 1. The standard InChI is InChI=1S/C12H16F2N2O2.ClH/c1-15-5-3-4-12(17)16-10-6-9(14)11(18-2)7-8(10)13;/h6-7,15H,3-5H2,1-2H3,(H,16,17);1H. The summed E-state index contributed by atoms with van der Waals surface area (Å²) < 4.78 is 31.5. The number of benzene rings is 1. The fourth-order valence-corrected chi connectivity index (χ4v) is 1.42. The molecule has 0 bridgehead atoms. The highest BCUT2D eigenvalue weighted by atomic mass is 35.5. The summed E-state index contributed by atoms with van der Waals surface area (Å²) in [6, 6.07) is 1.81. The Morgan fingerprint density at radius 3 is 2.58 bits per heavy atom. The Labute approximate surface area is 116 Å². The molecule has 0 fully saturated rings. The van der Waals surface area contributed by atoms with Gasteiger partial charge in [-0.15, -0.1) is 12.4 Å². The molecule has 1 rings (SSSR count). The van der Waals surface area contributed by atoms with Crippen molar-refractivity contribution in [3.8, 4) is 5.75 Å². The summed E-state index contributed by atoms with van der Waals surface area (Å²) in [4.78, 5) is 11.4. The van der Waals surface area contributed by atoms with Gasteiger partial charge < -0.3 is 15.4 Å². The average Bonchev–Trinajstić information content (AvgIpc) is 2.33. The number of methoxy groups -OCH3 is 1. The maximum absolute atomic E-state index is 13.5. The Balaban J connectivity index is 0.00000324. The number of ether oxygens (including phenoxy) is 1. The fraction of sp³-hybridized carbons (Fsp3) is 0.417. The molecule has 7 heteroatoms. The van der Waals surface area contributed by atoms with Crippen LogP contribution in [0.2, 0.25) is 0 Å². The van der Waals surface area contributed by atoms with Gasteiger partial charge in [0.25, 0.3) is 0 Å². The summed E-state index contributed by atoms with van der Waals surface area (Å²) in [6.45, 7) is 0.687. The number of carbonyl (C=O) groups is 1. The van der Waals surface area contributed by atoms with Gasteiger partial charge in [0, 0.05) is 18.6 Å². The van der Waals surface area contributed by atoms with Crippen molar-refractivity contribution < 1.29 is 18.3 Å². The second kappa shape index (κ2) is 8.66. The zero-order valence-electron chi connectivity index (χ0n) is 10.8. The topological polar surface area (TPSA) is 50.4 Å². The molecular weight excluding hydrogens is 278 g/mol.